The van der Waals surface area contributed by atoms with Crippen molar-refractivity contribution < 1.29 is 27.9 Å². The Bertz CT molecular complexity index is 898. The molecule has 1 N–H and O–H groups in total. The third kappa shape index (κ3) is 5.58. The van der Waals surface area contributed by atoms with E-state index in [1.165, 1.54) is 17.3 Å². The van der Waals surface area contributed by atoms with E-state index in [0.29, 0.717) is 5.17 Å². The Morgan fingerprint density at radius 3 is 2.62 bits per heavy atom. The van der Waals surface area contributed by atoms with Crippen LogP contribution in [-0.2, 0) is 30.6 Å². The first-order chi connectivity index (χ1) is 13.8. The quantitative estimate of drug-likeness (QED) is 0.650. The van der Waals surface area contributed by atoms with E-state index >= 15 is 0 Å². The number of carbonyl (C=O) groups excluding carboxylic acids is 1. The number of carboxylic acids is 1. The summed E-state index contributed by atoms with van der Waals surface area (Å²) >= 11 is 1.28. The van der Waals surface area contributed by atoms with Gasteiger partial charge in [-0.2, -0.15) is 4.99 Å². The molecule has 158 valence electrons. The lowest BCUT2D eigenvalue weighted by molar-refractivity contribution is -0.143. The summed E-state index contributed by atoms with van der Waals surface area (Å²) in [7, 11) is -3.13. The fraction of sp³-hybridized carbons (Fsp3) is 0.526. The Morgan fingerprint density at radius 2 is 1.97 bits per heavy atom. The first kappa shape index (κ1) is 21.8. The maximum Gasteiger partial charge on any atom is 0.329 e. The number of aryl methyl sites for hydroxylation is 1. The van der Waals surface area contributed by atoms with Gasteiger partial charge >= 0.3 is 5.97 Å². The average molecular weight is 441 g/mol. The maximum absolute atomic E-state index is 12.1. The topological polar surface area (TPSA) is 113 Å². The molecule has 0 bridgehead atoms. The molecule has 29 heavy (non-hydrogen) atoms. The number of carbonyl (C=O) groups is 2. The van der Waals surface area contributed by atoms with E-state index in [9.17, 15) is 18.0 Å². The summed E-state index contributed by atoms with van der Waals surface area (Å²) < 4.78 is 29.0. The van der Waals surface area contributed by atoms with Crippen molar-refractivity contribution in [2.24, 2.45) is 4.99 Å². The minimum absolute atomic E-state index is 0.0188. The zero-order valence-electron chi connectivity index (χ0n) is 16.1. The Hall–Kier alpha value is -1.91. The fourth-order valence-corrected chi connectivity index (χ4v) is 7.37. The number of hydrogen-bond acceptors (Lipinski definition) is 6. The van der Waals surface area contributed by atoms with Crippen LogP contribution >= 0.6 is 11.8 Å². The van der Waals surface area contributed by atoms with E-state index in [2.05, 4.69) is 11.9 Å². The summed E-state index contributed by atoms with van der Waals surface area (Å²) in [6.45, 7) is 1.13. The molecule has 1 aromatic carbocycles. The molecule has 0 radical (unpaired) electrons. The molecule has 0 saturated carbocycles. The summed E-state index contributed by atoms with van der Waals surface area (Å²) in [5.41, 5.74) is 2.00. The van der Waals surface area contributed by atoms with Crippen LogP contribution in [0.3, 0.4) is 0 Å². The third-order valence-corrected chi connectivity index (χ3v) is 7.98. The molecule has 2 aliphatic rings. The summed E-state index contributed by atoms with van der Waals surface area (Å²) in [5, 5.41) is 8.84. The van der Waals surface area contributed by atoms with Crippen molar-refractivity contribution in [3.05, 3.63) is 29.8 Å². The van der Waals surface area contributed by atoms with Gasteiger partial charge in [0.2, 0.25) is 0 Å². The molecule has 3 rings (SSSR count). The van der Waals surface area contributed by atoms with Gasteiger partial charge in [0.25, 0.3) is 5.91 Å². The highest BCUT2D eigenvalue weighted by Gasteiger charge is 2.49. The van der Waals surface area contributed by atoms with Crippen LogP contribution in [0.5, 0.6) is 0 Å². The second kappa shape index (κ2) is 9.27. The zero-order chi connectivity index (χ0) is 21.0. The molecule has 2 fully saturated rings. The first-order valence-corrected chi connectivity index (χ1v) is 12.2. The fourth-order valence-electron chi connectivity index (χ4n) is 3.44. The Balaban J connectivity index is 1.81. The van der Waals surface area contributed by atoms with E-state index < -0.39 is 34.9 Å². The Morgan fingerprint density at radius 1 is 1.24 bits per heavy atom. The van der Waals surface area contributed by atoms with Gasteiger partial charge < -0.3 is 14.7 Å². The number of anilines is 1. The molecule has 2 heterocycles. The smallest absolute Gasteiger partial charge is 0.329 e. The van der Waals surface area contributed by atoms with Gasteiger partial charge in [-0.15, -0.1) is 0 Å². The number of unbranched alkanes of at least 4 members (excludes halogenated alkanes) is 1. The molecule has 0 aliphatic carbocycles. The van der Waals surface area contributed by atoms with Crippen LogP contribution in [-0.4, -0.2) is 66.6 Å². The van der Waals surface area contributed by atoms with Gasteiger partial charge in [-0.3, -0.25) is 4.79 Å². The molecule has 2 unspecified atom stereocenters. The third-order valence-electron chi connectivity index (χ3n) is 4.77. The van der Waals surface area contributed by atoms with Crippen LogP contribution in [0.15, 0.2) is 29.3 Å². The maximum atomic E-state index is 12.1. The number of carboxylic acid groups (broad SMARTS) is 1. The van der Waals surface area contributed by atoms with Gasteiger partial charge in [-0.05, 0) is 30.5 Å². The lowest BCUT2D eigenvalue weighted by Gasteiger charge is -2.24. The van der Waals surface area contributed by atoms with Crippen LogP contribution in [0, 0.1) is 0 Å². The lowest BCUT2D eigenvalue weighted by Crippen LogP contribution is -2.37. The summed E-state index contributed by atoms with van der Waals surface area (Å²) in [6, 6.07) is 7.61. The van der Waals surface area contributed by atoms with Gasteiger partial charge in [-0.1, -0.05) is 37.2 Å². The van der Waals surface area contributed by atoms with Crippen molar-refractivity contribution in [3.8, 4) is 0 Å². The average Bonchev–Trinajstić information content (AvgIpc) is 3.11. The Kier molecular flexibility index (Phi) is 6.97. The predicted octanol–water partition coefficient (Wildman–Crippen LogP) is 1.73. The van der Waals surface area contributed by atoms with Crippen LogP contribution in [0.1, 0.15) is 25.3 Å². The van der Waals surface area contributed by atoms with E-state index in [1.807, 2.05) is 29.2 Å². The van der Waals surface area contributed by atoms with E-state index in [4.69, 9.17) is 9.84 Å². The van der Waals surface area contributed by atoms with Gasteiger partial charge in [0.15, 0.2) is 15.0 Å². The van der Waals surface area contributed by atoms with Crippen molar-refractivity contribution in [2.75, 3.05) is 29.6 Å². The number of benzene rings is 1. The molecule has 10 heteroatoms. The van der Waals surface area contributed by atoms with Crippen LogP contribution in [0.2, 0.25) is 0 Å². The number of amidine groups is 1. The summed E-state index contributed by atoms with van der Waals surface area (Å²) in [4.78, 5) is 28.5. The van der Waals surface area contributed by atoms with E-state index in [-0.39, 0.29) is 22.8 Å². The van der Waals surface area contributed by atoms with E-state index in [0.717, 1.165) is 24.9 Å². The number of aliphatic imine (C=N–C) groups is 1. The van der Waals surface area contributed by atoms with Crippen molar-refractivity contribution in [1.82, 2.24) is 0 Å². The number of hydrogen-bond donors (Lipinski definition) is 1. The Labute approximate surface area is 174 Å². The highest BCUT2D eigenvalue weighted by molar-refractivity contribution is 8.16. The number of aliphatic carboxylic acids is 1. The molecular weight excluding hydrogens is 416 g/mol. The lowest BCUT2D eigenvalue weighted by atomic mass is 10.1. The first-order valence-electron chi connectivity index (χ1n) is 9.45. The molecule has 2 saturated heterocycles. The van der Waals surface area contributed by atoms with Crippen molar-refractivity contribution in [2.45, 2.75) is 37.5 Å². The van der Waals surface area contributed by atoms with Crippen molar-refractivity contribution in [3.63, 3.8) is 0 Å². The van der Waals surface area contributed by atoms with Crippen molar-refractivity contribution in [1.29, 1.82) is 0 Å². The second-order valence-corrected chi connectivity index (χ2v) is 10.5. The highest BCUT2D eigenvalue weighted by atomic mass is 32.2. The molecule has 0 spiro atoms. The van der Waals surface area contributed by atoms with Crippen molar-refractivity contribution >= 4 is 44.3 Å². The van der Waals surface area contributed by atoms with Crippen LogP contribution in [0.4, 0.5) is 5.69 Å². The van der Waals surface area contributed by atoms with Gasteiger partial charge in [0.05, 0.1) is 17.5 Å². The number of thioether (sulfide) groups is 1. The van der Waals surface area contributed by atoms with Crippen LogP contribution in [0.25, 0.3) is 0 Å². The molecule has 2 atom stereocenters. The summed E-state index contributed by atoms with van der Waals surface area (Å²) in [5.74, 6) is -1.69. The number of fused-ring (bicyclic) bond motifs is 1. The van der Waals surface area contributed by atoms with Gasteiger partial charge in [0.1, 0.15) is 13.2 Å². The zero-order valence-corrected chi connectivity index (χ0v) is 17.7. The number of rotatable bonds is 8. The second-order valence-electron chi connectivity index (χ2n) is 7.12. The number of sulfone groups is 1. The standard InChI is InChI=1S/C19H24N2O6S2/c1-2-3-4-13-5-7-14(8-6-13)21-15-11-29(25,26)12-16(15)28-19(21)20-17(22)9-27-10-18(23)24/h5-8,15-16H,2-4,9-12H2,1H3,(H,23,24). The van der Waals surface area contributed by atoms with E-state index in [1.54, 1.807) is 0 Å². The van der Waals surface area contributed by atoms with Gasteiger partial charge in [0, 0.05) is 10.9 Å². The number of ether oxygens (including phenoxy) is 1. The summed E-state index contributed by atoms with van der Waals surface area (Å²) in [6.07, 6.45) is 3.18. The predicted molar refractivity (Wildman–Crippen MR) is 112 cm³/mol. The normalized spacial score (nSPS) is 24.0. The minimum atomic E-state index is -3.13. The highest BCUT2D eigenvalue weighted by Crippen LogP contribution is 2.41. The molecule has 1 aromatic rings. The number of amides is 1. The molecular formula is C19H24N2O6S2. The largest absolute Gasteiger partial charge is 0.480 e. The molecule has 1 amide bonds. The number of nitrogens with zero attached hydrogens (tertiary/aromatic N) is 2. The van der Waals surface area contributed by atoms with Crippen LogP contribution < -0.4 is 4.90 Å². The SMILES string of the molecule is CCCCc1ccc(N2C(=NC(=O)COCC(=O)O)SC3CS(=O)(=O)CC32)cc1. The minimum Gasteiger partial charge on any atom is -0.480 e. The molecule has 8 nitrogen and oxygen atoms in total. The monoisotopic (exact) mass is 440 g/mol. The molecule has 2 aliphatic heterocycles. The molecule has 0 aromatic heterocycles. The van der Waals surface area contributed by atoms with Gasteiger partial charge in [-0.25, -0.2) is 13.2 Å².